The predicted molar refractivity (Wildman–Crippen MR) is 123 cm³/mol. The quantitative estimate of drug-likeness (QED) is 0.445. The van der Waals surface area contributed by atoms with Gasteiger partial charge in [0, 0.05) is 36.1 Å². The fourth-order valence-electron chi connectivity index (χ4n) is 4.48. The van der Waals surface area contributed by atoms with Crippen LogP contribution in [0.4, 0.5) is 0 Å². The number of carboxylic acid groups (broad SMARTS) is 1. The molecule has 0 bridgehead atoms. The molecule has 3 aromatic heterocycles. The van der Waals surface area contributed by atoms with Gasteiger partial charge < -0.3 is 5.11 Å². The molecule has 3 heterocycles. The van der Waals surface area contributed by atoms with E-state index in [9.17, 15) is 4.79 Å². The highest BCUT2D eigenvalue weighted by molar-refractivity contribution is 5.67. The van der Waals surface area contributed by atoms with E-state index in [1.54, 1.807) is 24.7 Å². The van der Waals surface area contributed by atoms with Crippen LogP contribution >= 0.6 is 0 Å². The van der Waals surface area contributed by atoms with E-state index in [2.05, 4.69) is 54.4 Å². The minimum atomic E-state index is -0.685. The van der Waals surface area contributed by atoms with E-state index < -0.39 is 5.97 Å². The average molecular weight is 441 g/mol. The van der Waals surface area contributed by atoms with Gasteiger partial charge in [-0.1, -0.05) is 24.3 Å². The molecular formula is C25H24N6O2. The van der Waals surface area contributed by atoms with Crippen molar-refractivity contribution in [2.75, 3.05) is 0 Å². The normalized spacial score (nSPS) is 18.2. The molecule has 0 spiro atoms. The van der Waals surface area contributed by atoms with Gasteiger partial charge in [-0.2, -0.15) is 0 Å². The van der Waals surface area contributed by atoms with Crippen LogP contribution in [0.2, 0.25) is 0 Å². The second-order valence-electron chi connectivity index (χ2n) is 8.45. The number of nitrogens with zero attached hydrogens (tertiary/aromatic N) is 5. The Bertz CT molecular complexity index is 1210. The zero-order valence-corrected chi connectivity index (χ0v) is 18.1. The number of H-pyrrole nitrogens is 1. The van der Waals surface area contributed by atoms with Crippen molar-refractivity contribution in [3.63, 3.8) is 0 Å². The molecule has 2 N–H and O–H groups in total. The number of carboxylic acids is 1. The number of benzene rings is 1. The summed E-state index contributed by atoms with van der Waals surface area (Å²) in [4.78, 5) is 28.4. The van der Waals surface area contributed by atoms with E-state index in [-0.39, 0.29) is 0 Å². The molecule has 1 aromatic carbocycles. The van der Waals surface area contributed by atoms with E-state index in [1.807, 2.05) is 12.1 Å². The Labute approximate surface area is 191 Å². The van der Waals surface area contributed by atoms with Gasteiger partial charge in [-0.15, -0.1) is 5.10 Å². The van der Waals surface area contributed by atoms with Crippen LogP contribution in [-0.4, -0.2) is 41.2 Å². The van der Waals surface area contributed by atoms with Crippen molar-refractivity contribution in [1.82, 2.24) is 30.1 Å². The first-order valence-corrected chi connectivity index (χ1v) is 11.1. The van der Waals surface area contributed by atoms with E-state index in [0.717, 1.165) is 42.5 Å². The maximum absolute atomic E-state index is 10.9. The first kappa shape index (κ1) is 20.9. The van der Waals surface area contributed by atoms with Crippen molar-refractivity contribution in [3.05, 3.63) is 66.6 Å². The first-order valence-electron chi connectivity index (χ1n) is 11.1. The van der Waals surface area contributed by atoms with E-state index in [4.69, 9.17) is 5.11 Å². The summed E-state index contributed by atoms with van der Waals surface area (Å²) >= 11 is 0. The van der Waals surface area contributed by atoms with Crippen LogP contribution in [0.1, 0.15) is 43.6 Å². The summed E-state index contributed by atoms with van der Waals surface area (Å²) in [5, 5.41) is 16.1. The number of hydrogen-bond acceptors (Lipinski definition) is 6. The number of carbonyl (C=O) groups is 1. The summed E-state index contributed by atoms with van der Waals surface area (Å²) in [6.07, 6.45) is 9.47. The van der Waals surface area contributed by atoms with Crippen LogP contribution in [-0.2, 0) is 4.79 Å². The molecule has 166 valence electrons. The lowest BCUT2D eigenvalue weighted by Crippen LogP contribution is -2.16. The molecule has 0 amide bonds. The van der Waals surface area contributed by atoms with Crippen LogP contribution in [0.25, 0.3) is 34.3 Å². The van der Waals surface area contributed by atoms with Gasteiger partial charge in [0.2, 0.25) is 5.82 Å². The lowest BCUT2D eigenvalue weighted by Gasteiger charge is -2.28. The molecule has 4 aromatic rings. The summed E-state index contributed by atoms with van der Waals surface area (Å²) < 4.78 is 0. The van der Waals surface area contributed by atoms with Gasteiger partial charge in [0.15, 0.2) is 11.6 Å². The van der Waals surface area contributed by atoms with Crippen LogP contribution in [0.15, 0.2) is 61.1 Å². The zero-order valence-electron chi connectivity index (χ0n) is 18.1. The van der Waals surface area contributed by atoms with E-state index in [0.29, 0.717) is 35.7 Å². The third-order valence-corrected chi connectivity index (χ3v) is 6.28. The monoisotopic (exact) mass is 440 g/mol. The number of rotatable bonds is 6. The third-order valence-electron chi connectivity index (χ3n) is 6.28. The fourth-order valence-corrected chi connectivity index (χ4v) is 4.48. The molecule has 0 saturated heterocycles. The number of aromatic amines is 1. The Balaban J connectivity index is 1.25. The number of nitrogens with one attached hydrogen (secondary N) is 1. The van der Waals surface area contributed by atoms with Gasteiger partial charge in [-0.25, -0.2) is 15.0 Å². The second kappa shape index (κ2) is 9.28. The number of aromatic nitrogens is 6. The van der Waals surface area contributed by atoms with Gasteiger partial charge in [-0.3, -0.25) is 14.9 Å². The van der Waals surface area contributed by atoms with Crippen molar-refractivity contribution in [2.24, 2.45) is 5.92 Å². The molecule has 0 radical (unpaired) electrons. The highest BCUT2D eigenvalue weighted by atomic mass is 16.4. The minimum absolute atomic E-state index is 0.294. The Hall–Kier alpha value is -3.94. The third kappa shape index (κ3) is 4.79. The topological polar surface area (TPSA) is 118 Å². The molecule has 8 nitrogen and oxygen atoms in total. The van der Waals surface area contributed by atoms with Crippen molar-refractivity contribution < 1.29 is 9.90 Å². The molecular weight excluding hydrogens is 416 g/mol. The minimum Gasteiger partial charge on any atom is -0.481 e. The molecule has 1 fully saturated rings. The van der Waals surface area contributed by atoms with Gasteiger partial charge in [0.25, 0.3) is 0 Å². The highest BCUT2D eigenvalue weighted by Crippen LogP contribution is 2.37. The Kier molecular flexibility index (Phi) is 5.89. The van der Waals surface area contributed by atoms with Crippen LogP contribution < -0.4 is 0 Å². The van der Waals surface area contributed by atoms with Crippen LogP contribution in [0.5, 0.6) is 0 Å². The molecule has 0 atom stereocenters. The predicted octanol–water partition coefficient (Wildman–Crippen LogP) is 4.74. The Morgan fingerprint density at radius 1 is 0.909 bits per heavy atom. The molecule has 0 aliphatic heterocycles. The Morgan fingerprint density at radius 3 is 2.30 bits per heavy atom. The Morgan fingerprint density at radius 2 is 1.64 bits per heavy atom. The summed E-state index contributed by atoms with van der Waals surface area (Å²) in [6, 6.07) is 14.3. The molecule has 1 aliphatic rings. The van der Waals surface area contributed by atoms with Crippen molar-refractivity contribution in [1.29, 1.82) is 0 Å². The summed E-state index contributed by atoms with van der Waals surface area (Å²) in [7, 11) is 0. The fraction of sp³-hybridized carbons (Fsp3) is 0.280. The van der Waals surface area contributed by atoms with E-state index >= 15 is 0 Å². The van der Waals surface area contributed by atoms with Gasteiger partial charge in [-0.05, 0) is 61.3 Å². The van der Waals surface area contributed by atoms with Gasteiger partial charge in [0.05, 0.1) is 5.69 Å². The van der Waals surface area contributed by atoms with Gasteiger partial charge in [0.1, 0.15) is 0 Å². The van der Waals surface area contributed by atoms with Crippen LogP contribution in [0, 0.1) is 5.92 Å². The maximum atomic E-state index is 10.9. The van der Waals surface area contributed by atoms with Crippen molar-refractivity contribution in [3.8, 4) is 34.3 Å². The first-order chi connectivity index (χ1) is 16.2. The van der Waals surface area contributed by atoms with Crippen molar-refractivity contribution >= 4 is 5.97 Å². The molecule has 8 heteroatoms. The standard InChI is InChI=1S/C25H24N6O2/c32-22(33)14-16-2-4-17(5-3-16)18-6-8-19(9-7-18)21-11-10-20(15-28-21)23-29-25(31-30-23)24-26-12-1-13-27-24/h1,6-13,15-17H,2-5,14H2,(H,32,33)(H,29,30,31)/t16-,17-. The number of hydrogen-bond donors (Lipinski definition) is 2. The van der Waals surface area contributed by atoms with E-state index in [1.165, 1.54) is 5.56 Å². The summed E-state index contributed by atoms with van der Waals surface area (Å²) in [6.45, 7) is 0. The van der Waals surface area contributed by atoms with Crippen LogP contribution in [0.3, 0.4) is 0 Å². The molecule has 33 heavy (non-hydrogen) atoms. The summed E-state index contributed by atoms with van der Waals surface area (Å²) in [5.41, 5.74) is 4.10. The smallest absolute Gasteiger partial charge is 0.303 e. The summed E-state index contributed by atoms with van der Waals surface area (Å²) in [5.74, 6) is 1.68. The number of pyridine rings is 1. The average Bonchev–Trinajstić information content (AvgIpc) is 3.36. The highest BCUT2D eigenvalue weighted by Gasteiger charge is 2.24. The zero-order chi connectivity index (χ0) is 22.6. The molecule has 1 saturated carbocycles. The lowest BCUT2D eigenvalue weighted by atomic mass is 9.77. The maximum Gasteiger partial charge on any atom is 0.303 e. The largest absolute Gasteiger partial charge is 0.481 e. The van der Waals surface area contributed by atoms with Gasteiger partial charge >= 0.3 is 5.97 Å². The number of aliphatic carboxylic acids is 1. The second-order valence-corrected chi connectivity index (χ2v) is 8.45. The molecule has 0 unspecified atom stereocenters. The van der Waals surface area contributed by atoms with Crippen molar-refractivity contribution in [2.45, 2.75) is 38.0 Å². The SMILES string of the molecule is O=C(O)C[C@H]1CC[C@H](c2ccc(-c3ccc(-c4nc(-c5ncccn5)n[nH]4)cn3)cc2)CC1. The lowest BCUT2D eigenvalue weighted by molar-refractivity contribution is -0.138. The molecule has 1 aliphatic carbocycles. The molecule has 5 rings (SSSR count).